The average molecular weight is 288 g/mol. The Morgan fingerprint density at radius 1 is 1.26 bits per heavy atom. The molecule has 0 saturated carbocycles. The van der Waals surface area contributed by atoms with E-state index in [0.717, 1.165) is 12.1 Å². The van der Waals surface area contributed by atoms with Gasteiger partial charge in [0.1, 0.15) is 5.82 Å². The molecule has 1 aromatic rings. The molecule has 1 aromatic carbocycles. The summed E-state index contributed by atoms with van der Waals surface area (Å²) < 4.78 is 39.2. The van der Waals surface area contributed by atoms with Crippen molar-refractivity contribution in [1.82, 2.24) is 4.31 Å². The van der Waals surface area contributed by atoms with Crippen molar-refractivity contribution in [2.75, 3.05) is 19.6 Å². The predicted octanol–water partition coefficient (Wildman–Crippen LogP) is 1.82. The maximum absolute atomic E-state index is 12.9. The van der Waals surface area contributed by atoms with Crippen molar-refractivity contribution in [3.63, 3.8) is 0 Å². The van der Waals surface area contributed by atoms with Crippen LogP contribution < -0.4 is 5.73 Å². The molecular formula is C13H21FN2O2S. The van der Waals surface area contributed by atoms with E-state index in [0.29, 0.717) is 26.1 Å². The van der Waals surface area contributed by atoms with Crippen molar-refractivity contribution in [2.45, 2.75) is 25.2 Å². The van der Waals surface area contributed by atoms with Gasteiger partial charge in [-0.1, -0.05) is 13.8 Å². The van der Waals surface area contributed by atoms with Crippen LogP contribution in [0.1, 0.15) is 20.3 Å². The Bertz CT molecular complexity index is 486. The normalized spacial score (nSPS) is 12.3. The minimum atomic E-state index is -3.57. The summed E-state index contributed by atoms with van der Waals surface area (Å²) in [6.07, 6.45) is 0.604. The van der Waals surface area contributed by atoms with Gasteiger partial charge in [-0.15, -0.1) is 0 Å². The Morgan fingerprint density at radius 3 is 2.32 bits per heavy atom. The second-order valence-corrected chi connectivity index (χ2v) is 6.79. The molecule has 0 unspecified atom stereocenters. The Balaban J connectivity index is 3.00. The zero-order valence-electron chi connectivity index (χ0n) is 11.3. The van der Waals surface area contributed by atoms with Crippen molar-refractivity contribution < 1.29 is 12.8 Å². The van der Waals surface area contributed by atoms with Crippen LogP contribution in [0.4, 0.5) is 4.39 Å². The van der Waals surface area contributed by atoms with Gasteiger partial charge in [0, 0.05) is 13.1 Å². The zero-order chi connectivity index (χ0) is 14.5. The summed E-state index contributed by atoms with van der Waals surface area (Å²) in [5.74, 6) is -0.232. The molecule has 0 aliphatic heterocycles. The van der Waals surface area contributed by atoms with Crippen LogP contribution >= 0.6 is 0 Å². The lowest BCUT2D eigenvalue weighted by atomic mass is 10.2. The molecule has 19 heavy (non-hydrogen) atoms. The topological polar surface area (TPSA) is 63.4 Å². The van der Waals surface area contributed by atoms with Crippen LogP contribution in [0.3, 0.4) is 0 Å². The van der Waals surface area contributed by atoms with E-state index in [2.05, 4.69) is 0 Å². The predicted molar refractivity (Wildman–Crippen MR) is 73.7 cm³/mol. The summed E-state index contributed by atoms with van der Waals surface area (Å²) >= 11 is 0. The SMILES string of the molecule is CC(C)CN(CCCN)S(=O)(=O)c1ccc(F)cc1. The molecule has 6 heteroatoms. The van der Waals surface area contributed by atoms with E-state index < -0.39 is 15.8 Å². The van der Waals surface area contributed by atoms with Gasteiger partial charge in [-0.05, 0) is 43.1 Å². The first-order valence-electron chi connectivity index (χ1n) is 6.33. The number of benzene rings is 1. The lowest BCUT2D eigenvalue weighted by Crippen LogP contribution is -2.35. The summed E-state index contributed by atoms with van der Waals surface area (Å²) in [6, 6.07) is 4.90. The maximum atomic E-state index is 12.9. The minimum Gasteiger partial charge on any atom is -0.330 e. The second kappa shape index (κ2) is 6.98. The van der Waals surface area contributed by atoms with E-state index in [1.807, 2.05) is 13.8 Å². The fraction of sp³-hybridized carbons (Fsp3) is 0.538. The summed E-state index contributed by atoms with van der Waals surface area (Å²) in [5.41, 5.74) is 5.44. The van der Waals surface area contributed by atoms with Crippen LogP contribution in [0, 0.1) is 11.7 Å². The van der Waals surface area contributed by atoms with Crippen LogP contribution in [0.2, 0.25) is 0 Å². The molecule has 0 fully saturated rings. The summed E-state index contributed by atoms with van der Waals surface area (Å²) in [5, 5.41) is 0. The second-order valence-electron chi connectivity index (χ2n) is 4.85. The third-order valence-electron chi connectivity index (χ3n) is 2.63. The van der Waals surface area contributed by atoms with Crippen LogP contribution in [0.15, 0.2) is 29.2 Å². The first-order chi connectivity index (χ1) is 8.87. The van der Waals surface area contributed by atoms with E-state index in [-0.39, 0.29) is 10.8 Å². The van der Waals surface area contributed by atoms with Crippen LogP contribution in [0.25, 0.3) is 0 Å². The first-order valence-corrected chi connectivity index (χ1v) is 7.77. The number of nitrogens with two attached hydrogens (primary N) is 1. The van der Waals surface area contributed by atoms with Gasteiger partial charge in [0.25, 0.3) is 0 Å². The molecule has 4 nitrogen and oxygen atoms in total. The van der Waals surface area contributed by atoms with E-state index >= 15 is 0 Å². The Kier molecular flexibility index (Phi) is 5.90. The fourth-order valence-corrected chi connectivity index (χ4v) is 3.38. The van der Waals surface area contributed by atoms with Crippen molar-refractivity contribution in [3.05, 3.63) is 30.1 Å². The summed E-state index contributed by atoms with van der Waals surface area (Å²) in [4.78, 5) is 0.117. The highest BCUT2D eigenvalue weighted by molar-refractivity contribution is 7.89. The molecule has 0 aliphatic rings. The number of rotatable bonds is 7. The molecule has 0 saturated heterocycles. The van der Waals surface area contributed by atoms with Crippen LogP contribution in [-0.4, -0.2) is 32.4 Å². The molecule has 0 bridgehead atoms. The highest BCUT2D eigenvalue weighted by atomic mass is 32.2. The molecule has 0 spiro atoms. The van der Waals surface area contributed by atoms with Gasteiger partial charge in [-0.3, -0.25) is 0 Å². The molecule has 108 valence electrons. The third kappa shape index (κ3) is 4.56. The van der Waals surface area contributed by atoms with Crippen molar-refractivity contribution >= 4 is 10.0 Å². The third-order valence-corrected chi connectivity index (χ3v) is 4.51. The fourth-order valence-electron chi connectivity index (χ4n) is 1.74. The van der Waals surface area contributed by atoms with Gasteiger partial charge in [0.15, 0.2) is 0 Å². The summed E-state index contributed by atoms with van der Waals surface area (Å²) in [7, 11) is -3.57. The van der Waals surface area contributed by atoms with E-state index in [4.69, 9.17) is 5.73 Å². The number of halogens is 1. The van der Waals surface area contributed by atoms with E-state index in [1.54, 1.807) is 0 Å². The first kappa shape index (κ1) is 16.1. The lowest BCUT2D eigenvalue weighted by molar-refractivity contribution is 0.364. The van der Waals surface area contributed by atoms with Gasteiger partial charge < -0.3 is 5.73 Å². The van der Waals surface area contributed by atoms with Crippen LogP contribution in [-0.2, 0) is 10.0 Å². The molecule has 2 N–H and O–H groups in total. The zero-order valence-corrected chi connectivity index (χ0v) is 12.2. The molecule has 0 amide bonds. The highest BCUT2D eigenvalue weighted by Crippen LogP contribution is 2.17. The molecule has 0 aromatic heterocycles. The van der Waals surface area contributed by atoms with Crippen molar-refractivity contribution in [2.24, 2.45) is 11.7 Å². The highest BCUT2D eigenvalue weighted by Gasteiger charge is 2.24. The van der Waals surface area contributed by atoms with Crippen LogP contribution in [0.5, 0.6) is 0 Å². The lowest BCUT2D eigenvalue weighted by Gasteiger charge is -2.23. The van der Waals surface area contributed by atoms with Gasteiger partial charge in [0.2, 0.25) is 10.0 Å². The number of hydrogen-bond acceptors (Lipinski definition) is 3. The molecular weight excluding hydrogens is 267 g/mol. The van der Waals surface area contributed by atoms with Gasteiger partial charge in [-0.2, -0.15) is 4.31 Å². The largest absolute Gasteiger partial charge is 0.330 e. The molecule has 0 heterocycles. The monoisotopic (exact) mass is 288 g/mol. The van der Waals surface area contributed by atoms with Gasteiger partial charge in [0.05, 0.1) is 4.90 Å². The standard InChI is InChI=1S/C13H21FN2O2S/c1-11(2)10-16(9-3-8-15)19(17,18)13-6-4-12(14)5-7-13/h4-7,11H,3,8-10,15H2,1-2H3. The van der Waals surface area contributed by atoms with Crippen molar-refractivity contribution in [3.8, 4) is 0 Å². The summed E-state index contributed by atoms with van der Waals surface area (Å²) in [6.45, 7) is 5.16. The Hall–Kier alpha value is -0.980. The average Bonchev–Trinajstić information content (AvgIpc) is 2.34. The maximum Gasteiger partial charge on any atom is 0.243 e. The van der Waals surface area contributed by atoms with Gasteiger partial charge >= 0.3 is 0 Å². The molecule has 1 rings (SSSR count). The van der Waals surface area contributed by atoms with E-state index in [9.17, 15) is 12.8 Å². The quantitative estimate of drug-likeness (QED) is 0.832. The van der Waals surface area contributed by atoms with E-state index in [1.165, 1.54) is 16.4 Å². The number of hydrogen-bond donors (Lipinski definition) is 1. The minimum absolute atomic E-state index is 0.117. The molecule has 0 atom stereocenters. The molecule has 0 aliphatic carbocycles. The smallest absolute Gasteiger partial charge is 0.243 e. The Labute approximate surface area is 114 Å². The van der Waals surface area contributed by atoms with Gasteiger partial charge in [-0.25, -0.2) is 12.8 Å². The van der Waals surface area contributed by atoms with Crippen molar-refractivity contribution in [1.29, 1.82) is 0 Å². The Morgan fingerprint density at radius 2 is 1.84 bits per heavy atom. The number of sulfonamides is 1. The number of nitrogens with zero attached hydrogens (tertiary/aromatic N) is 1. The molecule has 0 radical (unpaired) electrons.